The van der Waals surface area contributed by atoms with Crippen molar-refractivity contribution in [1.29, 1.82) is 0 Å². The third-order valence-corrected chi connectivity index (χ3v) is 4.95. The van der Waals surface area contributed by atoms with Gasteiger partial charge in [0.15, 0.2) is 0 Å². The van der Waals surface area contributed by atoms with E-state index in [9.17, 15) is 17.6 Å². The quantitative estimate of drug-likeness (QED) is 0.303. The second-order valence-corrected chi connectivity index (χ2v) is 7.80. The standard InChI is InChI=1S/C24H23F4NO.C2H2O4/c1-29(17-18-5-3-2-4-6-18)16-15-23(19-7-11-21(25)12-8-19)30-22-13-9-20(10-14-22)24(26,27)28;3-1(4)2(5)6/h2-14,23H,15-17H2,1H3;(H,3,4)(H,5,6). The number of hydrogen-bond donors (Lipinski definition) is 2. The van der Waals surface area contributed by atoms with E-state index in [-0.39, 0.29) is 5.82 Å². The van der Waals surface area contributed by atoms with Crippen LogP contribution in [0.25, 0.3) is 0 Å². The Balaban J connectivity index is 0.000000678. The maximum Gasteiger partial charge on any atom is 0.416 e. The van der Waals surface area contributed by atoms with Crippen LogP contribution in [0.2, 0.25) is 0 Å². The number of alkyl halides is 3. The number of aliphatic carboxylic acids is 2. The lowest BCUT2D eigenvalue weighted by molar-refractivity contribution is -0.159. The maximum atomic E-state index is 13.3. The molecule has 0 aliphatic heterocycles. The largest absolute Gasteiger partial charge is 0.486 e. The lowest BCUT2D eigenvalue weighted by atomic mass is 10.1. The van der Waals surface area contributed by atoms with E-state index in [0.717, 1.165) is 24.2 Å². The molecule has 0 saturated heterocycles. The summed E-state index contributed by atoms with van der Waals surface area (Å²) in [5.41, 5.74) is 1.22. The number of carboxylic acid groups (broad SMARTS) is 2. The second kappa shape index (κ2) is 13.2. The molecule has 3 aromatic rings. The topological polar surface area (TPSA) is 87.1 Å². The summed E-state index contributed by atoms with van der Waals surface area (Å²) in [5.74, 6) is -3.67. The molecule has 36 heavy (non-hydrogen) atoms. The third kappa shape index (κ3) is 9.75. The lowest BCUT2D eigenvalue weighted by Gasteiger charge is -2.23. The molecule has 0 spiro atoms. The summed E-state index contributed by atoms with van der Waals surface area (Å²) in [6.07, 6.45) is -4.22. The minimum atomic E-state index is -4.39. The molecule has 1 atom stereocenters. The predicted molar refractivity (Wildman–Crippen MR) is 124 cm³/mol. The zero-order valence-electron chi connectivity index (χ0n) is 19.3. The van der Waals surface area contributed by atoms with Crippen molar-refractivity contribution in [3.05, 3.63) is 101 Å². The first kappa shape index (κ1) is 28.3. The van der Waals surface area contributed by atoms with Gasteiger partial charge in [-0.2, -0.15) is 13.2 Å². The molecule has 3 rings (SSSR count). The molecule has 0 amide bonds. The van der Waals surface area contributed by atoms with Crippen LogP contribution < -0.4 is 4.74 Å². The number of carbonyl (C=O) groups is 2. The van der Waals surface area contributed by atoms with Gasteiger partial charge in [-0.1, -0.05) is 42.5 Å². The van der Waals surface area contributed by atoms with Gasteiger partial charge in [-0.15, -0.1) is 0 Å². The number of nitrogens with zero attached hydrogens (tertiary/aromatic N) is 1. The highest BCUT2D eigenvalue weighted by molar-refractivity contribution is 6.27. The Labute approximate surface area is 205 Å². The molecule has 6 nitrogen and oxygen atoms in total. The maximum absolute atomic E-state index is 13.3. The average molecular weight is 507 g/mol. The molecule has 0 bridgehead atoms. The van der Waals surface area contributed by atoms with Gasteiger partial charge >= 0.3 is 18.1 Å². The summed E-state index contributed by atoms with van der Waals surface area (Å²) in [5, 5.41) is 14.8. The minimum Gasteiger partial charge on any atom is -0.486 e. The van der Waals surface area contributed by atoms with Gasteiger partial charge in [-0.05, 0) is 54.6 Å². The highest BCUT2D eigenvalue weighted by atomic mass is 19.4. The molecule has 0 saturated carbocycles. The van der Waals surface area contributed by atoms with Gasteiger partial charge in [-0.25, -0.2) is 14.0 Å². The van der Waals surface area contributed by atoms with Crippen LogP contribution in [0.15, 0.2) is 78.9 Å². The van der Waals surface area contributed by atoms with Gasteiger partial charge < -0.3 is 19.8 Å². The molecule has 3 aromatic carbocycles. The molecule has 0 aliphatic rings. The van der Waals surface area contributed by atoms with E-state index in [1.807, 2.05) is 37.4 Å². The Hall–Kier alpha value is -3.92. The third-order valence-electron chi connectivity index (χ3n) is 4.95. The monoisotopic (exact) mass is 507 g/mol. The predicted octanol–water partition coefficient (Wildman–Crippen LogP) is 5.64. The van der Waals surface area contributed by atoms with E-state index in [2.05, 4.69) is 4.90 Å². The second-order valence-electron chi connectivity index (χ2n) is 7.80. The first-order valence-corrected chi connectivity index (χ1v) is 10.7. The molecule has 0 fully saturated rings. The Bertz CT molecular complexity index is 1090. The Kier molecular flexibility index (Phi) is 10.4. The normalized spacial score (nSPS) is 11.8. The van der Waals surface area contributed by atoms with Gasteiger partial charge in [0.1, 0.15) is 17.7 Å². The fourth-order valence-electron chi connectivity index (χ4n) is 3.17. The van der Waals surface area contributed by atoms with Gasteiger partial charge in [0.25, 0.3) is 0 Å². The molecule has 2 N–H and O–H groups in total. The van der Waals surface area contributed by atoms with Gasteiger partial charge in [-0.3, -0.25) is 0 Å². The number of rotatable bonds is 8. The van der Waals surface area contributed by atoms with E-state index in [0.29, 0.717) is 18.7 Å². The lowest BCUT2D eigenvalue weighted by Crippen LogP contribution is -2.22. The van der Waals surface area contributed by atoms with Gasteiger partial charge in [0, 0.05) is 19.5 Å². The van der Waals surface area contributed by atoms with Crippen LogP contribution in [0.1, 0.15) is 29.2 Å². The number of benzene rings is 3. The van der Waals surface area contributed by atoms with Crippen molar-refractivity contribution in [2.45, 2.75) is 25.2 Å². The Morgan fingerprint density at radius 1 is 0.889 bits per heavy atom. The van der Waals surface area contributed by atoms with Crippen LogP contribution in [-0.4, -0.2) is 40.6 Å². The summed E-state index contributed by atoms with van der Waals surface area (Å²) in [6.45, 7) is 1.45. The van der Waals surface area contributed by atoms with Crippen LogP contribution in [0.3, 0.4) is 0 Å². The average Bonchev–Trinajstić information content (AvgIpc) is 2.83. The number of hydrogen-bond acceptors (Lipinski definition) is 4. The zero-order valence-corrected chi connectivity index (χ0v) is 19.3. The van der Waals surface area contributed by atoms with Crippen molar-refractivity contribution < 1.29 is 42.1 Å². The van der Waals surface area contributed by atoms with E-state index in [1.54, 1.807) is 12.1 Å². The van der Waals surface area contributed by atoms with Gasteiger partial charge in [0.2, 0.25) is 0 Å². The Morgan fingerprint density at radius 3 is 1.94 bits per heavy atom. The first-order valence-electron chi connectivity index (χ1n) is 10.7. The van der Waals surface area contributed by atoms with Crippen LogP contribution in [-0.2, 0) is 22.3 Å². The fraction of sp³-hybridized carbons (Fsp3) is 0.231. The molecular formula is C26H25F4NO5. The van der Waals surface area contributed by atoms with E-state index in [1.165, 1.54) is 29.8 Å². The van der Waals surface area contributed by atoms with Crippen LogP contribution in [0.4, 0.5) is 17.6 Å². The summed E-state index contributed by atoms with van der Waals surface area (Å²) < 4.78 is 57.7. The summed E-state index contributed by atoms with van der Waals surface area (Å²) in [4.78, 5) is 20.3. The van der Waals surface area contributed by atoms with Crippen molar-refractivity contribution in [3.63, 3.8) is 0 Å². The number of carboxylic acids is 2. The molecule has 10 heteroatoms. The van der Waals surface area contributed by atoms with E-state index < -0.39 is 29.8 Å². The first-order chi connectivity index (χ1) is 17.0. The highest BCUT2D eigenvalue weighted by Crippen LogP contribution is 2.32. The summed E-state index contributed by atoms with van der Waals surface area (Å²) in [6, 6.07) is 20.6. The highest BCUT2D eigenvalue weighted by Gasteiger charge is 2.30. The van der Waals surface area contributed by atoms with Crippen molar-refractivity contribution in [3.8, 4) is 5.75 Å². The molecule has 0 aromatic heterocycles. The zero-order chi connectivity index (χ0) is 26.7. The molecule has 192 valence electrons. The molecular weight excluding hydrogens is 482 g/mol. The number of ether oxygens (including phenoxy) is 1. The molecule has 0 radical (unpaired) electrons. The van der Waals surface area contributed by atoms with Crippen LogP contribution >= 0.6 is 0 Å². The molecule has 1 unspecified atom stereocenters. The summed E-state index contributed by atoms with van der Waals surface area (Å²) >= 11 is 0. The van der Waals surface area contributed by atoms with Crippen LogP contribution in [0, 0.1) is 5.82 Å². The molecule has 0 heterocycles. The van der Waals surface area contributed by atoms with Crippen LogP contribution in [0.5, 0.6) is 5.75 Å². The Morgan fingerprint density at radius 2 is 1.44 bits per heavy atom. The van der Waals surface area contributed by atoms with E-state index in [4.69, 9.17) is 24.5 Å². The van der Waals surface area contributed by atoms with Crippen molar-refractivity contribution >= 4 is 11.9 Å². The van der Waals surface area contributed by atoms with Crippen molar-refractivity contribution in [2.24, 2.45) is 0 Å². The van der Waals surface area contributed by atoms with Crippen molar-refractivity contribution in [1.82, 2.24) is 4.90 Å². The molecule has 0 aliphatic carbocycles. The van der Waals surface area contributed by atoms with Crippen molar-refractivity contribution in [2.75, 3.05) is 13.6 Å². The van der Waals surface area contributed by atoms with E-state index >= 15 is 0 Å². The minimum absolute atomic E-state index is 0.336. The van der Waals surface area contributed by atoms with Gasteiger partial charge in [0.05, 0.1) is 5.56 Å². The summed E-state index contributed by atoms with van der Waals surface area (Å²) in [7, 11) is 1.99. The number of halogens is 4. The fourth-order valence-corrected chi connectivity index (χ4v) is 3.17. The SMILES string of the molecule is CN(CCC(Oc1ccc(C(F)(F)F)cc1)c1ccc(F)cc1)Cc1ccccc1.O=C(O)C(=O)O. The smallest absolute Gasteiger partial charge is 0.416 e.